The fourth-order valence-corrected chi connectivity index (χ4v) is 4.40. The van der Waals surface area contributed by atoms with Crippen LogP contribution in [0.5, 0.6) is 11.5 Å². The maximum absolute atomic E-state index is 13.3. The van der Waals surface area contributed by atoms with Gasteiger partial charge in [0.1, 0.15) is 5.69 Å². The van der Waals surface area contributed by atoms with Gasteiger partial charge in [-0.1, -0.05) is 24.6 Å². The smallest absolute Gasteiger partial charge is 0.231 e. The number of likely N-dealkylation sites (tertiary alicyclic amines) is 1. The number of benzene rings is 1. The molecule has 4 rings (SSSR count). The lowest BCUT2D eigenvalue weighted by atomic mass is 10.1. The number of fused-ring (bicyclic) bond motifs is 1. The van der Waals surface area contributed by atoms with Crippen LogP contribution in [-0.4, -0.2) is 58.0 Å². The molecule has 1 saturated heterocycles. The lowest BCUT2D eigenvalue weighted by Crippen LogP contribution is -2.43. The number of aromatic nitrogens is 2. The third-order valence-electron chi connectivity index (χ3n) is 5.68. The van der Waals surface area contributed by atoms with E-state index < -0.39 is 0 Å². The van der Waals surface area contributed by atoms with Gasteiger partial charge in [0.25, 0.3) is 0 Å². The van der Waals surface area contributed by atoms with Crippen molar-refractivity contribution in [3.8, 4) is 11.5 Å². The van der Waals surface area contributed by atoms with E-state index in [0.717, 1.165) is 36.5 Å². The predicted octanol–water partition coefficient (Wildman–Crippen LogP) is 2.86. The number of likely N-dealkylation sites (N-methyl/N-ethyl adjacent to an activating group) is 1. The fourth-order valence-electron chi connectivity index (χ4n) is 4.16. The first kappa shape index (κ1) is 20.0. The van der Waals surface area contributed by atoms with Gasteiger partial charge in [0.05, 0.1) is 18.0 Å². The van der Waals surface area contributed by atoms with Crippen LogP contribution in [-0.2, 0) is 24.8 Å². The first-order valence-corrected chi connectivity index (χ1v) is 10.5. The van der Waals surface area contributed by atoms with Crippen LogP contribution in [0.1, 0.15) is 31.0 Å². The third kappa shape index (κ3) is 4.51. The maximum atomic E-state index is 13.3. The van der Waals surface area contributed by atoms with E-state index in [2.05, 4.69) is 16.9 Å². The van der Waals surface area contributed by atoms with Gasteiger partial charge in [-0.2, -0.15) is 5.10 Å². The molecule has 2 aromatic rings. The topological polar surface area (TPSA) is 59.8 Å². The van der Waals surface area contributed by atoms with Gasteiger partial charge in [-0.3, -0.25) is 14.4 Å². The normalized spacial score (nSPS) is 18.4. The second kappa shape index (κ2) is 8.63. The zero-order valence-electron chi connectivity index (χ0n) is 16.9. The Morgan fingerprint density at radius 3 is 2.93 bits per heavy atom. The number of aryl methyl sites for hydroxylation is 1. The van der Waals surface area contributed by atoms with Crippen LogP contribution in [0, 0.1) is 0 Å². The number of ether oxygens (including phenoxy) is 2. The molecule has 0 unspecified atom stereocenters. The summed E-state index contributed by atoms with van der Waals surface area (Å²) in [5, 5.41) is 5.03. The molecule has 0 N–H and O–H groups in total. The average Bonchev–Trinajstić information content (AvgIpc) is 3.41. The summed E-state index contributed by atoms with van der Waals surface area (Å²) in [6.07, 6.45) is 4.36. The summed E-state index contributed by atoms with van der Waals surface area (Å²) in [7, 11) is 1.84. The molecule has 7 nitrogen and oxygen atoms in total. The van der Waals surface area contributed by atoms with Crippen LogP contribution in [0.2, 0.25) is 5.02 Å². The van der Waals surface area contributed by atoms with Gasteiger partial charge < -0.3 is 14.4 Å². The summed E-state index contributed by atoms with van der Waals surface area (Å²) < 4.78 is 12.5. The Morgan fingerprint density at radius 2 is 2.17 bits per heavy atom. The van der Waals surface area contributed by atoms with E-state index in [1.54, 1.807) is 10.9 Å². The zero-order valence-corrected chi connectivity index (χ0v) is 17.7. The van der Waals surface area contributed by atoms with Crippen molar-refractivity contribution in [1.29, 1.82) is 0 Å². The standard InChI is InChI=1S/C21H27ClN4O3/c1-3-25-8-4-5-16(25)11-26(13-18-17(22)12-24(2)23-18)21(27)10-15-6-7-19-20(9-15)29-14-28-19/h6-7,9,12,16H,3-5,8,10-11,13-14H2,1-2H3/t16-/m0/s1. The van der Waals surface area contributed by atoms with Crippen molar-refractivity contribution in [3.05, 3.63) is 40.7 Å². The lowest BCUT2D eigenvalue weighted by Gasteiger charge is -2.30. The van der Waals surface area contributed by atoms with Crippen LogP contribution >= 0.6 is 11.6 Å². The lowest BCUT2D eigenvalue weighted by molar-refractivity contribution is -0.131. The number of rotatable bonds is 7. The van der Waals surface area contributed by atoms with Crippen LogP contribution in [0.4, 0.5) is 0 Å². The quantitative estimate of drug-likeness (QED) is 0.692. The highest BCUT2D eigenvalue weighted by atomic mass is 35.5. The Bertz CT molecular complexity index is 885. The summed E-state index contributed by atoms with van der Waals surface area (Å²) in [5.41, 5.74) is 1.64. The SMILES string of the molecule is CCN1CCC[C@H]1CN(Cc1nn(C)cc1Cl)C(=O)Cc1ccc2c(c1)OCO2. The van der Waals surface area contributed by atoms with E-state index in [1.165, 1.54) is 6.42 Å². The number of hydrogen-bond donors (Lipinski definition) is 0. The molecule has 0 spiro atoms. The first-order valence-electron chi connectivity index (χ1n) is 10.1. The summed E-state index contributed by atoms with van der Waals surface area (Å²) in [5.74, 6) is 1.49. The van der Waals surface area contributed by atoms with Gasteiger partial charge >= 0.3 is 0 Å². The molecule has 1 aromatic carbocycles. The van der Waals surface area contributed by atoms with Gasteiger partial charge in [-0.05, 0) is 43.6 Å². The van der Waals surface area contributed by atoms with E-state index in [4.69, 9.17) is 21.1 Å². The second-order valence-electron chi connectivity index (χ2n) is 7.66. The molecule has 0 bridgehead atoms. The Balaban J connectivity index is 1.51. The average molecular weight is 419 g/mol. The molecule has 1 fully saturated rings. The van der Waals surface area contributed by atoms with Crippen molar-refractivity contribution < 1.29 is 14.3 Å². The molecule has 0 aliphatic carbocycles. The Hall–Kier alpha value is -2.25. The van der Waals surface area contributed by atoms with Gasteiger partial charge in [-0.25, -0.2) is 0 Å². The van der Waals surface area contributed by atoms with E-state index in [0.29, 0.717) is 36.3 Å². The fraction of sp³-hybridized carbons (Fsp3) is 0.524. The molecule has 0 saturated carbocycles. The predicted molar refractivity (Wildman–Crippen MR) is 110 cm³/mol. The minimum Gasteiger partial charge on any atom is -0.454 e. The molecule has 1 atom stereocenters. The van der Waals surface area contributed by atoms with Crippen LogP contribution in [0.3, 0.4) is 0 Å². The second-order valence-corrected chi connectivity index (χ2v) is 8.07. The Kier molecular flexibility index (Phi) is 5.96. The Morgan fingerprint density at radius 1 is 1.34 bits per heavy atom. The number of carbonyl (C=O) groups is 1. The van der Waals surface area contributed by atoms with Crippen LogP contribution in [0.15, 0.2) is 24.4 Å². The number of carbonyl (C=O) groups excluding carboxylic acids is 1. The molecule has 3 heterocycles. The van der Waals surface area contributed by atoms with Crippen molar-refractivity contribution in [1.82, 2.24) is 19.6 Å². The molecular formula is C21H27ClN4O3. The number of halogens is 1. The van der Waals surface area contributed by atoms with Crippen molar-refractivity contribution in [2.75, 3.05) is 26.4 Å². The summed E-state index contributed by atoms with van der Waals surface area (Å²) in [6, 6.07) is 6.05. The molecule has 156 valence electrons. The van der Waals surface area contributed by atoms with Gasteiger partial charge in [0.15, 0.2) is 11.5 Å². The highest BCUT2D eigenvalue weighted by Gasteiger charge is 2.28. The van der Waals surface area contributed by atoms with Gasteiger partial charge in [0.2, 0.25) is 12.7 Å². The van der Waals surface area contributed by atoms with E-state index >= 15 is 0 Å². The molecule has 1 amide bonds. The van der Waals surface area contributed by atoms with Crippen LogP contribution in [0.25, 0.3) is 0 Å². The zero-order chi connectivity index (χ0) is 20.4. The molecule has 8 heteroatoms. The first-order chi connectivity index (χ1) is 14.0. The number of nitrogens with zero attached hydrogens (tertiary/aromatic N) is 4. The number of hydrogen-bond acceptors (Lipinski definition) is 5. The van der Waals surface area contributed by atoms with E-state index in [9.17, 15) is 4.79 Å². The van der Waals surface area contributed by atoms with Crippen LogP contribution < -0.4 is 9.47 Å². The molecule has 29 heavy (non-hydrogen) atoms. The largest absolute Gasteiger partial charge is 0.454 e. The van der Waals surface area contributed by atoms with E-state index in [-0.39, 0.29) is 12.7 Å². The molecular weight excluding hydrogens is 392 g/mol. The molecule has 2 aliphatic rings. The third-order valence-corrected chi connectivity index (χ3v) is 5.99. The van der Waals surface area contributed by atoms with Gasteiger partial charge in [-0.15, -0.1) is 0 Å². The highest BCUT2D eigenvalue weighted by molar-refractivity contribution is 6.31. The molecule has 2 aliphatic heterocycles. The highest BCUT2D eigenvalue weighted by Crippen LogP contribution is 2.33. The minimum absolute atomic E-state index is 0.0635. The van der Waals surface area contributed by atoms with Crippen molar-refractivity contribution in [3.63, 3.8) is 0 Å². The summed E-state index contributed by atoms with van der Waals surface area (Å²) in [6.45, 7) is 5.59. The van der Waals surface area contributed by atoms with Crippen molar-refractivity contribution >= 4 is 17.5 Å². The molecule has 0 radical (unpaired) electrons. The summed E-state index contributed by atoms with van der Waals surface area (Å²) >= 11 is 6.33. The summed E-state index contributed by atoms with van der Waals surface area (Å²) in [4.78, 5) is 17.6. The van der Waals surface area contributed by atoms with E-state index in [1.807, 2.05) is 30.1 Å². The number of amides is 1. The monoisotopic (exact) mass is 418 g/mol. The maximum Gasteiger partial charge on any atom is 0.231 e. The minimum atomic E-state index is 0.0635. The molecule has 1 aromatic heterocycles. The van der Waals surface area contributed by atoms with Crippen molar-refractivity contribution in [2.45, 2.75) is 38.8 Å². The Labute approximate surface area is 176 Å². The van der Waals surface area contributed by atoms with Gasteiger partial charge in [0, 0.05) is 25.8 Å². The van der Waals surface area contributed by atoms with Crippen molar-refractivity contribution in [2.24, 2.45) is 7.05 Å².